The van der Waals surface area contributed by atoms with Gasteiger partial charge >= 0.3 is 5.97 Å². The van der Waals surface area contributed by atoms with E-state index in [9.17, 15) is 18.0 Å². The summed E-state index contributed by atoms with van der Waals surface area (Å²) < 4.78 is 30.7. The predicted molar refractivity (Wildman–Crippen MR) is 98.5 cm³/mol. The molecule has 0 unspecified atom stereocenters. The largest absolute Gasteiger partial charge is 0.455 e. The zero-order valence-electron chi connectivity index (χ0n) is 15.6. The van der Waals surface area contributed by atoms with Gasteiger partial charge in [0.2, 0.25) is 10.0 Å². The van der Waals surface area contributed by atoms with Crippen molar-refractivity contribution in [2.75, 3.05) is 45.0 Å². The Hall–Kier alpha value is -2.13. The van der Waals surface area contributed by atoms with Gasteiger partial charge in [0.05, 0.1) is 22.2 Å². The van der Waals surface area contributed by atoms with Gasteiger partial charge in [-0.25, -0.2) is 12.7 Å². The minimum atomic E-state index is -3.63. The van der Waals surface area contributed by atoms with Gasteiger partial charge < -0.3 is 15.0 Å². The van der Waals surface area contributed by atoms with E-state index in [4.69, 9.17) is 4.74 Å². The first-order valence-corrected chi connectivity index (χ1v) is 9.68. The van der Waals surface area contributed by atoms with E-state index < -0.39 is 22.5 Å². The van der Waals surface area contributed by atoms with Gasteiger partial charge in [-0.1, -0.05) is 6.92 Å². The number of hydrogen-bond donors (Lipinski definition) is 1. The molecule has 0 aromatic heterocycles. The normalized spacial score (nSPS) is 19.2. The Morgan fingerprint density at radius 2 is 1.85 bits per heavy atom. The van der Waals surface area contributed by atoms with Crippen molar-refractivity contribution < 1.29 is 22.7 Å². The van der Waals surface area contributed by atoms with Crippen molar-refractivity contribution in [3.05, 3.63) is 18.2 Å². The second kappa shape index (κ2) is 7.63. The van der Waals surface area contributed by atoms with E-state index in [-0.39, 0.29) is 16.8 Å². The number of carbonyl (C=O) groups excluding carboxylic acids is 2. The van der Waals surface area contributed by atoms with Crippen LogP contribution in [0.25, 0.3) is 0 Å². The molecule has 0 saturated heterocycles. The number of anilines is 2. The van der Waals surface area contributed by atoms with E-state index in [0.717, 1.165) is 10.7 Å². The third kappa shape index (κ3) is 4.53. The summed E-state index contributed by atoms with van der Waals surface area (Å²) in [4.78, 5) is 25.7. The third-order valence-electron chi connectivity index (χ3n) is 4.26. The van der Waals surface area contributed by atoms with Crippen LogP contribution in [0.2, 0.25) is 0 Å². The van der Waals surface area contributed by atoms with Gasteiger partial charge in [-0.2, -0.15) is 0 Å². The average Bonchev–Trinajstić information content (AvgIpc) is 3.29. The molecule has 2 rings (SSSR count). The summed E-state index contributed by atoms with van der Waals surface area (Å²) >= 11 is 0. The fourth-order valence-corrected chi connectivity index (χ4v) is 3.39. The third-order valence-corrected chi connectivity index (χ3v) is 6.07. The molecule has 144 valence electrons. The van der Waals surface area contributed by atoms with E-state index in [1.807, 2.05) is 6.92 Å². The van der Waals surface area contributed by atoms with Crippen LogP contribution >= 0.6 is 0 Å². The number of sulfonamides is 1. The van der Waals surface area contributed by atoms with Crippen LogP contribution < -0.4 is 10.2 Å². The zero-order valence-corrected chi connectivity index (χ0v) is 16.5. The Labute approximate surface area is 154 Å². The van der Waals surface area contributed by atoms with Crippen LogP contribution in [-0.2, 0) is 24.3 Å². The maximum atomic E-state index is 12.3. The smallest absolute Gasteiger partial charge is 0.309 e. The quantitative estimate of drug-likeness (QED) is 0.710. The Bertz CT molecular complexity index is 805. The molecule has 1 aliphatic rings. The zero-order chi connectivity index (χ0) is 19.6. The van der Waals surface area contributed by atoms with Gasteiger partial charge in [-0.3, -0.25) is 9.59 Å². The molecule has 2 atom stereocenters. The lowest BCUT2D eigenvalue weighted by Crippen LogP contribution is -2.25. The van der Waals surface area contributed by atoms with Crippen molar-refractivity contribution in [3.8, 4) is 0 Å². The van der Waals surface area contributed by atoms with E-state index in [2.05, 4.69) is 5.32 Å². The molecule has 0 spiro atoms. The van der Waals surface area contributed by atoms with Crippen molar-refractivity contribution >= 4 is 33.3 Å². The lowest BCUT2D eigenvalue weighted by Gasteiger charge is -2.20. The van der Waals surface area contributed by atoms with Crippen LogP contribution in [0.1, 0.15) is 13.3 Å². The Balaban J connectivity index is 2.15. The summed E-state index contributed by atoms with van der Waals surface area (Å²) in [6.07, 6.45) is 0.787. The molecule has 1 N–H and O–H groups in total. The number of ether oxygens (including phenoxy) is 1. The topological polar surface area (TPSA) is 96.0 Å². The Kier molecular flexibility index (Phi) is 5.92. The van der Waals surface area contributed by atoms with Gasteiger partial charge in [-0.05, 0) is 30.5 Å². The van der Waals surface area contributed by atoms with Gasteiger partial charge in [0.25, 0.3) is 5.91 Å². The second-order valence-corrected chi connectivity index (χ2v) is 8.99. The molecule has 1 fully saturated rings. The number of nitrogens with zero attached hydrogens (tertiary/aromatic N) is 2. The molecular formula is C17H25N3O5S. The molecule has 8 nitrogen and oxygen atoms in total. The van der Waals surface area contributed by atoms with Crippen LogP contribution in [0, 0.1) is 11.8 Å². The molecule has 1 amide bonds. The van der Waals surface area contributed by atoms with Crippen LogP contribution in [0.4, 0.5) is 11.4 Å². The van der Waals surface area contributed by atoms with Crippen LogP contribution in [0.15, 0.2) is 23.1 Å². The first-order valence-electron chi connectivity index (χ1n) is 8.24. The predicted octanol–water partition coefficient (Wildman–Crippen LogP) is 1.14. The molecular weight excluding hydrogens is 358 g/mol. The van der Waals surface area contributed by atoms with Gasteiger partial charge in [0.15, 0.2) is 6.61 Å². The average molecular weight is 383 g/mol. The van der Waals surface area contributed by atoms with E-state index >= 15 is 0 Å². The van der Waals surface area contributed by atoms with E-state index in [0.29, 0.717) is 17.3 Å². The highest BCUT2D eigenvalue weighted by Gasteiger charge is 2.40. The highest BCUT2D eigenvalue weighted by molar-refractivity contribution is 7.89. The minimum absolute atomic E-state index is 0.0622. The van der Waals surface area contributed by atoms with Crippen molar-refractivity contribution in [1.29, 1.82) is 0 Å². The highest BCUT2D eigenvalue weighted by Crippen LogP contribution is 2.38. The fourth-order valence-electron chi connectivity index (χ4n) is 2.46. The lowest BCUT2D eigenvalue weighted by molar-refractivity contribution is -0.148. The molecule has 9 heteroatoms. The Morgan fingerprint density at radius 1 is 1.23 bits per heavy atom. The number of esters is 1. The lowest BCUT2D eigenvalue weighted by atomic mass is 10.2. The van der Waals surface area contributed by atoms with Crippen molar-refractivity contribution in [2.24, 2.45) is 11.8 Å². The molecule has 0 radical (unpaired) electrons. The number of rotatable bonds is 7. The maximum absolute atomic E-state index is 12.3. The van der Waals surface area contributed by atoms with Crippen molar-refractivity contribution in [1.82, 2.24) is 4.31 Å². The maximum Gasteiger partial charge on any atom is 0.309 e. The van der Waals surface area contributed by atoms with E-state index in [1.54, 1.807) is 25.1 Å². The number of carbonyl (C=O) groups is 2. The molecule has 0 aliphatic heterocycles. The first kappa shape index (κ1) is 20.2. The Morgan fingerprint density at radius 3 is 2.35 bits per heavy atom. The first-order chi connectivity index (χ1) is 12.0. The van der Waals surface area contributed by atoms with Crippen molar-refractivity contribution in [3.63, 3.8) is 0 Å². The monoisotopic (exact) mass is 383 g/mol. The highest BCUT2D eigenvalue weighted by atomic mass is 32.2. The van der Waals surface area contributed by atoms with Crippen LogP contribution in [0.3, 0.4) is 0 Å². The summed E-state index contributed by atoms with van der Waals surface area (Å²) in [6, 6.07) is 4.49. The molecule has 0 bridgehead atoms. The summed E-state index contributed by atoms with van der Waals surface area (Å²) in [7, 11) is 2.79. The van der Waals surface area contributed by atoms with Crippen LogP contribution in [0.5, 0.6) is 0 Å². The number of nitrogens with one attached hydrogen (secondary N) is 1. The summed E-state index contributed by atoms with van der Waals surface area (Å²) in [6.45, 7) is 1.55. The van der Waals surface area contributed by atoms with Crippen molar-refractivity contribution in [2.45, 2.75) is 18.2 Å². The van der Waals surface area contributed by atoms with Gasteiger partial charge in [-0.15, -0.1) is 0 Å². The summed E-state index contributed by atoms with van der Waals surface area (Å²) in [5.41, 5.74) is 0.969. The molecule has 1 saturated carbocycles. The number of benzene rings is 1. The van der Waals surface area contributed by atoms with E-state index in [1.165, 1.54) is 26.2 Å². The number of amides is 1. The standard InChI is InChI=1S/C17H25N3O5S/c1-11-8-13(11)17(22)25-10-16(21)18-14-9-12(26(23,24)20(4)5)6-7-15(14)19(2)3/h6-7,9,11,13H,8,10H2,1-5H3,(H,18,21)/t11-,13+/m0/s1. The molecule has 1 aromatic carbocycles. The molecule has 26 heavy (non-hydrogen) atoms. The fraction of sp³-hybridized carbons (Fsp3) is 0.529. The second-order valence-electron chi connectivity index (χ2n) is 6.84. The van der Waals surface area contributed by atoms with Gasteiger partial charge in [0.1, 0.15) is 0 Å². The minimum Gasteiger partial charge on any atom is -0.455 e. The summed E-state index contributed by atoms with van der Waals surface area (Å²) in [5, 5.41) is 2.63. The molecule has 0 heterocycles. The molecule has 1 aliphatic carbocycles. The number of hydrogen-bond acceptors (Lipinski definition) is 6. The van der Waals surface area contributed by atoms with Gasteiger partial charge in [0, 0.05) is 28.2 Å². The SMILES string of the molecule is C[C@H]1C[C@H]1C(=O)OCC(=O)Nc1cc(S(=O)(=O)N(C)C)ccc1N(C)C. The van der Waals surface area contributed by atoms with Crippen LogP contribution in [-0.4, -0.2) is 59.4 Å². The molecule has 1 aromatic rings. The summed E-state index contributed by atoms with van der Waals surface area (Å²) in [5.74, 6) is -0.703.